The van der Waals surface area contributed by atoms with Crippen LogP contribution in [-0.4, -0.2) is 43.9 Å². The van der Waals surface area contributed by atoms with Crippen LogP contribution in [0.25, 0.3) is 10.8 Å². The largest absolute Gasteiger partial charge is 0.466 e. The summed E-state index contributed by atoms with van der Waals surface area (Å²) in [4.78, 5) is 20.0. The third-order valence-electron chi connectivity index (χ3n) is 6.37. The zero-order valence-electron chi connectivity index (χ0n) is 20.1. The Morgan fingerprint density at radius 1 is 1.11 bits per heavy atom. The highest BCUT2D eigenvalue weighted by molar-refractivity contribution is 8.13. The lowest BCUT2D eigenvalue weighted by Crippen LogP contribution is -2.42. The number of rotatable bonds is 6. The van der Waals surface area contributed by atoms with Crippen LogP contribution in [0.2, 0.25) is 0 Å². The van der Waals surface area contributed by atoms with E-state index in [1.54, 1.807) is 48.2 Å². The lowest BCUT2D eigenvalue weighted by atomic mass is 9.93. The SMILES string of the molecule is CCC1=C(C(=O)OC)C(c2cccc(NS(=O)(=O)c3ccc4ccccc4c3)c2)N2CCCSC2=N1. The minimum Gasteiger partial charge on any atom is -0.466 e. The van der Waals surface area contributed by atoms with E-state index in [-0.39, 0.29) is 4.90 Å². The van der Waals surface area contributed by atoms with Gasteiger partial charge in [-0.3, -0.25) is 4.72 Å². The van der Waals surface area contributed by atoms with Crippen LogP contribution in [0.3, 0.4) is 0 Å². The molecule has 3 aromatic carbocycles. The maximum absolute atomic E-state index is 13.3. The molecule has 2 aliphatic heterocycles. The van der Waals surface area contributed by atoms with E-state index in [1.165, 1.54) is 7.11 Å². The zero-order chi connectivity index (χ0) is 25.3. The molecule has 3 aromatic rings. The molecule has 2 aliphatic rings. The van der Waals surface area contributed by atoms with Gasteiger partial charge in [-0.2, -0.15) is 0 Å². The van der Waals surface area contributed by atoms with Gasteiger partial charge in [0, 0.05) is 18.0 Å². The maximum Gasteiger partial charge on any atom is 0.338 e. The van der Waals surface area contributed by atoms with Gasteiger partial charge in [0.15, 0.2) is 5.17 Å². The first-order chi connectivity index (χ1) is 17.4. The van der Waals surface area contributed by atoms with Gasteiger partial charge in [-0.1, -0.05) is 61.2 Å². The van der Waals surface area contributed by atoms with Crippen molar-refractivity contribution in [2.24, 2.45) is 4.99 Å². The quantitative estimate of drug-likeness (QED) is 0.441. The zero-order valence-corrected chi connectivity index (χ0v) is 21.7. The second kappa shape index (κ2) is 9.99. The summed E-state index contributed by atoms with van der Waals surface area (Å²) < 4.78 is 34.4. The minimum absolute atomic E-state index is 0.189. The van der Waals surface area contributed by atoms with Gasteiger partial charge in [0.05, 0.1) is 29.3 Å². The summed E-state index contributed by atoms with van der Waals surface area (Å²) in [5.41, 5.74) is 2.43. The number of ether oxygens (including phenoxy) is 1. The molecule has 1 N–H and O–H groups in total. The molecule has 0 spiro atoms. The molecule has 0 saturated carbocycles. The number of benzene rings is 3. The van der Waals surface area contributed by atoms with Gasteiger partial charge in [0.1, 0.15) is 0 Å². The lowest BCUT2D eigenvalue weighted by Gasteiger charge is -2.40. The second-order valence-electron chi connectivity index (χ2n) is 8.64. The summed E-state index contributed by atoms with van der Waals surface area (Å²) in [6, 6.07) is 19.5. The number of methoxy groups -OCH3 is 1. The second-order valence-corrected chi connectivity index (χ2v) is 11.4. The number of fused-ring (bicyclic) bond motifs is 2. The van der Waals surface area contributed by atoms with Crippen molar-refractivity contribution >= 4 is 49.4 Å². The summed E-state index contributed by atoms with van der Waals surface area (Å²) in [6.45, 7) is 2.72. The number of aliphatic imine (C=N–C) groups is 1. The average molecular weight is 522 g/mol. The van der Waals surface area contributed by atoms with Crippen LogP contribution in [0.1, 0.15) is 31.4 Å². The molecule has 36 heavy (non-hydrogen) atoms. The Bertz CT molecular complexity index is 1500. The highest BCUT2D eigenvalue weighted by Crippen LogP contribution is 2.41. The Kier molecular flexibility index (Phi) is 6.77. The molecule has 0 aromatic heterocycles. The summed E-state index contributed by atoms with van der Waals surface area (Å²) in [5.74, 6) is 0.551. The maximum atomic E-state index is 13.3. The van der Waals surface area contributed by atoms with Crippen molar-refractivity contribution in [2.75, 3.05) is 24.1 Å². The molecule has 2 heterocycles. The molecule has 5 rings (SSSR count). The highest BCUT2D eigenvalue weighted by Gasteiger charge is 2.38. The summed E-state index contributed by atoms with van der Waals surface area (Å²) >= 11 is 1.68. The van der Waals surface area contributed by atoms with E-state index in [4.69, 9.17) is 9.73 Å². The van der Waals surface area contributed by atoms with E-state index in [1.807, 2.05) is 37.3 Å². The number of esters is 1. The van der Waals surface area contributed by atoms with E-state index in [0.29, 0.717) is 23.4 Å². The molecular formula is C27H27N3O4S2. The van der Waals surface area contributed by atoms with Gasteiger partial charge in [0.2, 0.25) is 0 Å². The Labute approximate surface area is 215 Å². The van der Waals surface area contributed by atoms with Gasteiger partial charge in [-0.15, -0.1) is 0 Å². The number of nitrogens with one attached hydrogen (secondary N) is 1. The van der Waals surface area contributed by atoms with Crippen molar-refractivity contribution in [3.8, 4) is 0 Å². The van der Waals surface area contributed by atoms with E-state index >= 15 is 0 Å². The predicted octanol–water partition coefficient (Wildman–Crippen LogP) is 5.33. The third kappa shape index (κ3) is 4.60. The Morgan fingerprint density at radius 3 is 2.69 bits per heavy atom. The molecule has 0 aliphatic carbocycles. The first kappa shape index (κ1) is 24.4. The fourth-order valence-corrected chi connectivity index (χ4v) is 6.76. The molecule has 0 radical (unpaired) electrons. The Hall–Kier alpha value is -3.30. The fraction of sp³-hybridized carbons (Fsp3) is 0.259. The van der Waals surface area contributed by atoms with Gasteiger partial charge in [0.25, 0.3) is 10.0 Å². The molecule has 9 heteroatoms. The minimum atomic E-state index is -3.82. The normalized spacial score (nSPS) is 18.0. The van der Waals surface area contributed by atoms with Crippen LogP contribution in [0.5, 0.6) is 0 Å². The standard InChI is InChI=1S/C27H27N3O4S2/c1-3-23-24(26(31)34-2)25(30-14-7-15-35-27(30)28-23)20-10-6-11-21(16-20)29-36(32,33)22-13-12-18-8-4-5-9-19(18)17-22/h4-6,8-13,16-17,25,29H,3,7,14-15H2,1-2H3. The molecular weight excluding hydrogens is 494 g/mol. The molecule has 0 bridgehead atoms. The van der Waals surface area contributed by atoms with E-state index in [0.717, 1.165) is 40.2 Å². The molecule has 1 unspecified atom stereocenters. The molecule has 7 nitrogen and oxygen atoms in total. The van der Waals surface area contributed by atoms with Crippen LogP contribution in [0.15, 0.2) is 87.9 Å². The van der Waals surface area contributed by atoms with Gasteiger partial charge in [-0.25, -0.2) is 18.2 Å². The third-order valence-corrected chi connectivity index (χ3v) is 8.83. The number of nitrogens with zero attached hydrogens (tertiary/aromatic N) is 2. The van der Waals surface area contributed by atoms with Crippen LogP contribution in [-0.2, 0) is 19.6 Å². The Balaban J connectivity index is 1.52. The van der Waals surface area contributed by atoms with E-state index < -0.39 is 22.0 Å². The number of hydrogen-bond donors (Lipinski definition) is 1. The van der Waals surface area contributed by atoms with Crippen molar-refractivity contribution in [1.82, 2.24) is 4.90 Å². The lowest BCUT2D eigenvalue weighted by molar-refractivity contribution is -0.136. The first-order valence-corrected chi connectivity index (χ1v) is 14.3. The molecule has 0 amide bonds. The number of carbonyl (C=O) groups excluding carboxylic acids is 1. The molecule has 1 fully saturated rings. The first-order valence-electron chi connectivity index (χ1n) is 11.8. The molecule has 1 atom stereocenters. The number of hydrogen-bond acceptors (Lipinski definition) is 7. The molecule has 1 saturated heterocycles. The average Bonchev–Trinajstić information content (AvgIpc) is 2.91. The molecule has 186 valence electrons. The monoisotopic (exact) mass is 521 g/mol. The Morgan fingerprint density at radius 2 is 1.92 bits per heavy atom. The van der Waals surface area contributed by atoms with Crippen LogP contribution in [0, 0.1) is 0 Å². The van der Waals surface area contributed by atoms with Gasteiger partial charge >= 0.3 is 5.97 Å². The fourth-order valence-electron chi connectivity index (χ4n) is 4.68. The van der Waals surface area contributed by atoms with Crippen LogP contribution in [0.4, 0.5) is 5.69 Å². The smallest absolute Gasteiger partial charge is 0.338 e. The number of anilines is 1. The van der Waals surface area contributed by atoms with Crippen molar-refractivity contribution in [1.29, 1.82) is 0 Å². The van der Waals surface area contributed by atoms with Crippen molar-refractivity contribution in [3.63, 3.8) is 0 Å². The van der Waals surface area contributed by atoms with E-state index in [2.05, 4.69) is 9.62 Å². The van der Waals surface area contributed by atoms with Crippen LogP contribution < -0.4 is 4.72 Å². The van der Waals surface area contributed by atoms with Crippen molar-refractivity contribution in [2.45, 2.75) is 30.7 Å². The van der Waals surface area contributed by atoms with E-state index in [9.17, 15) is 13.2 Å². The number of sulfonamides is 1. The van der Waals surface area contributed by atoms with Crippen LogP contribution >= 0.6 is 11.8 Å². The number of carbonyl (C=O) groups is 1. The summed E-state index contributed by atoms with van der Waals surface area (Å²) in [7, 11) is -2.45. The number of allylic oxidation sites excluding steroid dienone is 1. The van der Waals surface area contributed by atoms with Gasteiger partial charge in [-0.05, 0) is 53.4 Å². The summed E-state index contributed by atoms with van der Waals surface area (Å²) in [6.07, 6.45) is 1.55. The topological polar surface area (TPSA) is 88.1 Å². The number of amidine groups is 1. The van der Waals surface area contributed by atoms with Crippen molar-refractivity contribution < 1.29 is 17.9 Å². The number of thioether (sulfide) groups is 1. The summed E-state index contributed by atoms with van der Waals surface area (Å²) in [5, 5.41) is 2.71. The highest BCUT2D eigenvalue weighted by atomic mass is 32.2. The van der Waals surface area contributed by atoms with Gasteiger partial charge < -0.3 is 9.64 Å². The van der Waals surface area contributed by atoms with Crippen molar-refractivity contribution in [3.05, 3.63) is 83.6 Å². The predicted molar refractivity (Wildman–Crippen MR) is 144 cm³/mol.